The molecule has 0 bridgehead atoms. The molecule has 1 aromatic heterocycles. The van der Waals surface area contributed by atoms with E-state index in [1.54, 1.807) is 6.07 Å². The summed E-state index contributed by atoms with van der Waals surface area (Å²) in [6, 6.07) is 5.52. The van der Waals surface area contributed by atoms with Crippen molar-refractivity contribution in [3.63, 3.8) is 0 Å². The van der Waals surface area contributed by atoms with Gasteiger partial charge in [0, 0.05) is 6.07 Å². The molecule has 0 spiro atoms. The van der Waals surface area contributed by atoms with E-state index in [2.05, 4.69) is 33.8 Å². The van der Waals surface area contributed by atoms with Crippen molar-refractivity contribution in [1.29, 1.82) is 0 Å². The summed E-state index contributed by atoms with van der Waals surface area (Å²) in [6.07, 6.45) is 15.9. The summed E-state index contributed by atoms with van der Waals surface area (Å²) >= 11 is 0. The number of hydrogen-bond donors (Lipinski definition) is 0. The minimum atomic E-state index is -0.535. The van der Waals surface area contributed by atoms with E-state index in [0.29, 0.717) is 29.1 Å². The summed E-state index contributed by atoms with van der Waals surface area (Å²) in [6.45, 7) is 15.3. The lowest BCUT2D eigenvalue weighted by atomic mass is 10.1. The Bertz CT molecular complexity index is 1100. The van der Waals surface area contributed by atoms with Gasteiger partial charge >= 0.3 is 5.63 Å². The number of fused-ring (bicyclic) bond motifs is 1. The van der Waals surface area contributed by atoms with Gasteiger partial charge in [-0.3, -0.25) is 0 Å². The third-order valence-electron chi connectivity index (χ3n) is 6.21. The highest BCUT2D eigenvalue weighted by Crippen LogP contribution is 2.35. The van der Waals surface area contributed by atoms with Crippen LogP contribution in [0, 0.1) is 0 Å². The van der Waals surface area contributed by atoms with Crippen molar-refractivity contribution in [1.82, 2.24) is 0 Å². The van der Waals surface area contributed by atoms with Crippen LogP contribution < -0.4 is 19.8 Å². The molecule has 5 heteroatoms. The molecule has 1 heterocycles. The molecule has 0 aliphatic rings. The first-order valence-corrected chi connectivity index (χ1v) is 14.4. The molecule has 0 aliphatic carbocycles. The molecule has 5 nitrogen and oxygen atoms in total. The standard InChI is InChI=1S/C33H50O5/c1-8-9-10-11-12-13-14-15-22-35-30-28-20-19-27(38-33(5,6)7)24-29(28)37-32(34)31(30)36-23-21-26(4)18-16-17-25(2)3/h17,19-21,24H,8-16,18,22-23H2,1-7H3/b26-21+. The summed E-state index contributed by atoms with van der Waals surface area (Å²) in [5.74, 6) is 1.23. The van der Waals surface area contributed by atoms with Crippen LogP contribution >= 0.6 is 0 Å². The maximum Gasteiger partial charge on any atom is 0.383 e. The van der Waals surface area contributed by atoms with Crippen LogP contribution in [0.25, 0.3) is 11.0 Å². The highest BCUT2D eigenvalue weighted by molar-refractivity contribution is 5.86. The maximum absolute atomic E-state index is 13.0. The van der Waals surface area contributed by atoms with Crippen LogP contribution in [0.3, 0.4) is 0 Å². The predicted molar refractivity (Wildman–Crippen MR) is 159 cm³/mol. The third kappa shape index (κ3) is 11.8. The van der Waals surface area contributed by atoms with Gasteiger partial charge in [-0.15, -0.1) is 0 Å². The zero-order valence-corrected chi connectivity index (χ0v) is 24.9. The average Bonchev–Trinajstić information content (AvgIpc) is 2.82. The highest BCUT2D eigenvalue weighted by atomic mass is 16.5. The molecule has 1 aromatic carbocycles. The van der Waals surface area contributed by atoms with E-state index in [1.165, 1.54) is 49.7 Å². The van der Waals surface area contributed by atoms with Crippen LogP contribution in [0.2, 0.25) is 0 Å². The van der Waals surface area contributed by atoms with Gasteiger partial charge in [0.25, 0.3) is 0 Å². The van der Waals surface area contributed by atoms with Gasteiger partial charge in [-0.1, -0.05) is 69.1 Å². The Morgan fingerprint density at radius 2 is 1.58 bits per heavy atom. The van der Waals surface area contributed by atoms with Crippen LogP contribution in [0.4, 0.5) is 0 Å². The molecule has 0 atom stereocenters. The molecule has 0 saturated carbocycles. The third-order valence-corrected chi connectivity index (χ3v) is 6.21. The first-order chi connectivity index (χ1) is 18.1. The lowest BCUT2D eigenvalue weighted by Gasteiger charge is -2.21. The van der Waals surface area contributed by atoms with Crippen molar-refractivity contribution in [2.75, 3.05) is 13.2 Å². The van der Waals surface area contributed by atoms with Gasteiger partial charge in [0.15, 0.2) is 5.75 Å². The number of hydrogen-bond acceptors (Lipinski definition) is 5. The molecule has 38 heavy (non-hydrogen) atoms. The molecule has 0 amide bonds. The highest BCUT2D eigenvalue weighted by Gasteiger charge is 2.20. The fourth-order valence-corrected chi connectivity index (χ4v) is 4.19. The molecule has 0 N–H and O–H groups in total. The first-order valence-electron chi connectivity index (χ1n) is 14.4. The van der Waals surface area contributed by atoms with Crippen LogP contribution in [-0.2, 0) is 0 Å². The summed E-state index contributed by atoms with van der Waals surface area (Å²) in [4.78, 5) is 13.0. The molecule has 0 fully saturated rings. The molecule has 0 saturated heterocycles. The molecular weight excluding hydrogens is 476 g/mol. The zero-order chi connectivity index (χ0) is 28.0. The van der Waals surface area contributed by atoms with Gasteiger partial charge in [0.2, 0.25) is 5.75 Å². The SMILES string of the molecule is CCCCCCCCCCOc1c(OC/C=C(\C)CCC=C(C)C)c(=O)oc2cc(OC(C)(C)C)ccc12. The van der Waals surface area contributed by atoms with Crippen molar-refractivity contribution >= 4 is 11.0 Å². The number of allylic oxidation sites excluding steroid dienone is 3. The van der Waals surface area contributed by atoms with Crippen molar-refractivity contribution in [3.8, 4) is 17.2 Å². The fraction of sp³-hybridized carbons (Fsp3) is 0.606. The van der Waals surface area contributed by atoms with E-state index in [0.717, 1.165) is 25.7 Å². The second-order valence-electron chi connectivity index (χ2n) is 11.4. The predicted octanol–water partition coefficient (Wildman–Crippen LogP) is 9.56. The number of unbranched alkanes of at least 4 members (excludes halogenated alkanes) is 7. The Morgan fingerprint density at radius 3 is 2.24 bits per heavy atom. The van der Waals surface area contributed by atoms with Crippen LogP contribution in [0.15, 0.2) is 50.7 Å². The van der Waals surface area contributed by atoms with Crippen molar-refractivity contribution in [2.45, 2.75) is 118 Å². The van der Waals surface area contributed by atoms with Gasteiger partial charge in [0.1, 0.15) is 23.5 Å². The minimum absolute atomic E-state index is 0.134. The first kappa shape index (κ1) is 31.5. The summed E-state index contributed by atoms with van der Waals surface area (Å²) < 4.78 is 23.8. The van der Waals surface area contributed by atoms with E-state index in [4.69, 9.17) is 18.6 Å². The van der Waals surface area contributed by atoms with Crippen LogP contribution in [0.1, 0.15) is 113 Å². The molecule has 0 aliphatic heterocycles. The molecule has 0 radical (unpaired) electrons. The van der Waals surface area contributed by atoms with E-state index in [1.807, 2.05) is 39.0 Å². The molecule has 212 valence electrons. The van der Waals surface area contributed by atoms with Gasteiger partial charge in [0.05, 0.1) is 12.0 Å². The Balaban J connectivity index is 2.16. The molecular formula is C33H50O5. The van der Waals surface area contributed by atoms with E-state index in [-0.39, 0.29) is 18.0 Å². The maximum atomic E-state index is 13.0. The number of benzene rings is 1. The lowest BCUT2D eigenvalue weighted by Crippen LogP contribution is -2.22. The Morgan fingerprint density at radius 1 is 0.895 bits per heavy atom. The van der Waals surface area contributed by atoms with E-state index >= 15 is 0 Å². The largest absolute Gasteiger partial charge is 0.489 e. The minimum Gasteiger partial charge on any atom is -0.489 e. The van der Waals surface area contributed by atoms with Crippen LogP contribution in [0.5, 0.6) is 17.2 Å². The molecule has 2 aromatic rings. The Labute approximate surface area is 230 Å². The Kier molecular flexibility index (Phi) is 13.5. The smallest absolute Gasteiger partial charge is 0.383 e. The summed E-state index contributed by atoms with van der Waals surface area (Å²) in [7, 11) is 0. The monoisotopic (exact) mass is 526 g/mol. The average molecular weight is 527 g/mol. The second kappa shape index (κ2) is 16.3. The lowest BCUT2D eigenvalue weighted by molar-refractivity contribution is 0.131. The molecule has 2 rings (SSSR count). The summed E-state index contributed by atoms with van der Waals surface area (Å²) in [5.41, 5.74) is 2.08. The zero-order valence-electron chi connectivity index (χ0n) is 24.9. The number of ether oxygens (including phenoxy) is 3. The van der Waals surface area contributed by atoms with Crippen LogP contribution in [-0.4, -0.2) is 18.8 Å². The number of rotatable bonds is 17. The van der Waals surface area contributed by atoms with Gasteiger partial charge in [-0.25, -0.2) is 4.79 Å². The molecule has 0 unspecified atom stereocenters. The van der Waals surface area contributed by atoms with Crippen molar-refractivity contribution in [3.05, 3.63) is 51.9 Å². The van der Waals surface area contributed by atoms with Gasteiger partial charge < -0.3 is 18.6 Å². The topological polar surface area (TPSA) is 57.9 Å². The quantitative estimate of drug-likeness (QED) is 0.117. The Hall–Kier alpha value is -2.69. The van der Waals surface area contributed by atoms with E-state index < -0.39 is 5.63 Å². The summed E-state index contributed by atoms with van der Waals surface area (Å²) in [5, 5.41) is 0.713. The van der Waals surface area contributed by atoms with E-state index in [9.17, 15) is 4.79 Å². The van der Waals surface area contributed by atoms with Gasteiger partial charge in [-0.2, -0.15) is 0 Å². The fourth-order valence-electron chi connectivity index (χ4n) is 4.19. The van der Waals surface area contributed by atoms with Crippen molar-refractivity contribution in [2.24, 2.45) is 0 Å². The van der Waals surface area contributed by atoms with Crippen molar-refractivity contribution < 1.29 is 18.6 Å². The normalized spacial score (nSPS) is 12.0. The second-order valence-corrected chi connectivity index (χ2v) is 11.4. The van der Waals surface area contributed by atoms with Gasteiger partial charge in [-0.05, 0) is 79.0 Å².